The molecule has 0 radical (unpaired) electrons. The molecule has 0 fully saturated rings. The molecule has 0 unspecified atom stereocenters. The minimum Gasteiger partial charge on any atom is -0.377 e. The molecule has 0 saturated heterocycles. The predicted octanol–water partition coefficient (Wildman–Crippen LogP) is 4.47. The van der Waals surface area contributed by atoms with E-state index in [-0.39, 0.29) is 5.91 Å². The van der Waals surface area contributed by atoms with Crippen molar-refractivity contribution in [2.24, 2.45) is 0 Å². The van der Waals surface area contributed by atoms with E-state index in [0.717, 1.165) is 27.7 Å². The van der Waals surface area contributed by atoms with Gasteiger partial charge in [-0.25, -0.2) is 0 Å². The molecule has 0 aromatic heterocycles. The average Bonchev–Trinajstić information content (AvgIpc) is 2.54. The molecular weight excluding hydrogens is 284 g/mol. The summed E-state index contributed by atoms with van der Waals surface area (Å²) in [6.45, 7) is 2.02. The number of benzene rings is 3. The Bertz CT molecular complexity index is 863. The quantitative estimate of drug-likeness (QED) is 0.774. The van der Waals surface area contributed by atoms with Crippen molar-refractivity contribution >= 4 is 28.1 Å². The second-order valence-corrected chi connectivity index (χ2v) is 5.88. The van der Waals surface area contributed by atoms with E-state index in [9.17, 15) is 4.79 Å². The first-order chi connectivity index (χ1) is 11.1. The van der Waals surface area contributed by atoms with Gasteiger partial charge >= 0.3 is 0 Å². The number of amides is 1. The van der Waals surface area contributed by atoms with Gasteiger partial charge in [0.1, 0.15) is 0 Å². The van der Waals surface area contributed by atoms with Gasteiger partial charge in [0, 0.05) is 36.4 Å². The minimum absolute atomic E-state index is 0.0882. The Balaban J connectivity index is 1.91. The number of rotatable bonds is 3. The van der Waals surface area contributed by atoms with Crippen LogP contribution in [0.5, 0.6) is 0 Å². The van der Waals surface area contributed by atoms with Crippen LogP contribution in [0.3, 0.4) is 0 Å². The van der Waals surface area contributed by atoms with Crippen molar-refractivity contribution in [1.29, 1.82) is 0 Å². The molecule has 0 saturated carbocycles. The van der Waals surface area contributed by atoms with Crippen molar-refractivity contribution in [3.05, 3.63) is 71.8 Å². The molecule has 0 atom stereocenters. The van der Waals surface area contributed by atoms with Crippen molar-refractivity contribution in [3.8, 4) is 0 Å². The van der Waals surface area contributed by atoms with Crippen LogP contribution in [0.1, 0.15) is 15.9 Å². The Morgan fingerprint density at radius 1 is 0.957 bits per heavy atom. The number of carbonyl (C=O) groups is 1. The van der Waals surface area contributed by atoms with E-state index < -0.39 is 0 Å². The molecule has 0 aliphatic heterocycles. The zero-order chi connectivity index (χ0) is 16.4. The van der Waals surface area contributed by atoms with Crippen LogP contribution in [0.2, 0.25) is 0 Å². The summed E-state index contributed by atoms with van der Waals surface area (Å²) in [7, 11) is 4.00. The fourth-order valence-corrected chi connectivity index (χ4v) is 2.83. The number of nitrogens with one attached hydrogen (secondary N) is 1. The lowest BCUT2D eigenvalue weighted by Gasteiger charge is -2.16. The molecule has 23 heavy (non-hydrogen) atoms. The Kier molecular flexibility index (Phi) is 4.02. The summed E-state index contributed by atoms with van der Waals surface area (Å²) in [6.07, 6.45) is 0. The topological polar surface area (TPSA) is 32.3 Å². The van der Waals surface area contributed by atoms with Gasteiger partial charge < -0.3 is 10.2 Å². The highest BCUT2D eigenvalue weighted by atomic mass is 16.1. The van der Waals surface area contributed by atoms with Crippen LogP contribution in [0.15, 0.2) is 60.7 Å². The highest BCUT2D eigenvalue weighted by Crippen LogP contribution is 2.24. The molecule has 116 valence electrons. The van der Waals surface area contributed by atoms with Crippen LogP contribution in [0, 0.1) is 6.92 Å². The van der Waals surface area contributed by atoms with Gasteiger partial charge in [0.15, 0.2) is 0 Å². The van der Waals surface area contributed by atoms with Gasteiger partial charge in [-0.3, -0.25) is 4.79 Å². The van der Waals surface area contributed by atoms with Crippen LogP contribution in [0.25, 0.3) is 10.8 Å². The summed E-state index contributed by atoms with van der Waals surface area (Å²) in [5.74, 6) is -0.0882. The standard InChI is InChI=1S/C20H20N2O/c1-14-13-16(11-12-19(14)22(2)3)20(23)21-18-10-6-8-15-7-4-5-9-17(15)18/h4-13H,1-3H3,(H,21,23). The second kappa shape index (κ2) is 6.13. The van der Waals surface area contributed by atoms with Gasteiger partial charge in [-0.2, -0.15) is 0 Å². The summed E-state index contributed by atoms with van der Waals surface area (Å²) in [6, 6.07) is 19.7. The summed E-state index contributed by atoms with van der Waals surface area (Å²) < 4.78 is 0. The maximum absolute atomic E-state index is 12.6. The lowest BCUT2D eigenvalue weighted by atomic mass is 10.1. The highest BCUT2D eigenvalue weighted by Gasteiger charge is 2.10. The fourth-order valence-electron chi connectivity index (χ4n) is 2.83. The number of fused-ring (bicyclic) bond motifs is 1. The van der Waals surface area contributed by atoms with Gasteiger partial charge in [0.2, 0.25) is 0 Å². The average molecular weight is 304 g/mol. The molecule has 0 heterocycles. The first-order valence-corrected chi connectivity index (χ1v) is 7.63. The van der Waals surface area contributed by atoms with Crippen molar-refractivity contribution in [1.82, 2.24) is 0 Å². The monoisotopic (exact) mass is 304 g/mol. The van der Waals surface area contributed by atoms with E-state index in [1.165, 1.54) is 0 Å². The normalized spacial score (nSPS) is 10.6. The third-order valence-electron chi connectivity index (χ3n) is 3.98. The molecule has 1 amide bonds. The van der Waals surface area contributed by atoms with E-state index in [4.69, 9.17) is 0 Å². The maximum atomic E-state index is 12.6. The maximum Gasteiger partial charge on any atom is 0.255 e. The summed E-state index contributed by atoms with van der Waals surface area (Å²) in [4.78, 5) is 14.6. The summed E-state index contributed by atoms with van der Waals surface area (Å²) in [5.41, 5.74) is 3.70. The SMILES string of the molecule is Cc1cc(C(=O)Nc2cccc3ccccc23)ccc1N(C)C. The molecule has 0 spiro atoms. The number of anilines is 2. The second-order valence-electron chi connectivity index (χ2n) is 5.88. The van der Waals surface area contributed by atoms with Crippen molar-refractivity contribution in [2.75, 3.05) is 24.3 Å². The fraction of sp³-hybridized carbons (Fsp3) is 0.150. The van der Waals surface area contributed by atoms with Gasteiger partial charge in [0.05, 0.1) is 0 Å². The van der Waals surface area contributed by atoms with E-state index in [1.807, 2.05) is 86.6 Å². The lowest BCUT2D eigenvalue weighted by molar-refractivity contribution is 0.102. The molecule has 3 aromatic rings. The molecule has 0 bridgehead atoms. The number of nitrogens with zero attached hydrogens (tertiary/aromatic N) is 1. The number of hydrogen-bond acceptors (Lipinski definition) is 2. The minimum atomic E-state index is -0.0882. The van der Waals surface area contributed by atoms with E-state index in [1.54, 1.807) is 0 Å². The smallest absolute Gasteiger partial charge is 0.255 e. The third-order valence-corrected chi connectivity index (χ3v) is 3.98. The Labute approximate surface area is 136 Å². The van der Waals surface area contributed by atoms with Crippen molar-refractivity contribution < 1.29 is 4.79 Å². The van der Waals surface area contributed by atoms with E-state index in [2.05, 4.69) is 5.32 Å². The zero-order valence-electron chi connectivity index (χ0n) is 13.6. The lowest BCUT2D eigenvalue weighted by Crippen LogP contribution is -2.14. The van der Waals surface area contributed by atoms with Crippen molar-refractivity contribution in [3.63, 3.8) is 0 Å². The molecule has 1 N–H and O–H groups in total. The van der Waals surface area contributed by atoms with Crippen LogP contribution in [0.4, 0.5) is 11.4 Å². The van der Waals surface area contributed by atoms with Crippen LogP contribution >= 0.6 is 0 Å². The molecule has 0 aliphatic carbocycles. The Hall–Kier alpha value is -2.81. The first-order valence-electron chi connectivity index (χ1n) is 7.63. The van der Waals surface area contributed by atoms with Crippen LogP contribution in [-0.2, 0) is 0 Å². The number of aryl methyl sites for hydroxylation is 1. The number of carbonyl (C=O) groups excluding carboxylic acids is 1. The van der Waals surface area contributed by atoms with Gasteiger partial charge in [0.25, 0.3) is 5.91 Å². The predicted molar refractivity (Wildman–Crippen MR) is 97.4 cm³/mol. The number of hydrogen-bond donors (Lipinski definition) is 1. The van der Waals surface area contributed by atoms with Gasteiger partial charge in [-0.05, 0) is 42.1 Å². The summed E-state index contributed by atoms with van der Waals surface area (Å²) in [5, 5.41) is 5.19. The zero-order valence-corrected chi connectivity index (χ0v) is 13.6. The molecule has 0 aliphatic rings. The first kappa shape index (κ1) is 15.1. The Morgan fingerprint density at radius 2 is 1.70 bits per heavy atom. The van der Waals surface area contributed by atoms with Crippen LogP contribution < -0.4 is 10.2 Å². The van der Waals surface area contributed by atoms with Gasteiger partial charge in [-0.1, -0.05) is 36.4 Å². The van der Waals surface area contributed by atoms with E-state index in [0.29, 0.717) is 5.56 Å². The Morgan fingerprint density at radius 3 is 2.43 bits per heavy atom. The molecule has 3 nitrogen and oxygen atoms in total. The molecule has 3 heteroatoms. The summed E-state index contributed by atoms with van der Waals surface area (Å²) >= 11 is 0. The van der Waals surface area contributed by atoms with E-state index >= 15 is 0 Å². The highest BCUT2D eigenvalue weighted by molar-refractivity contribution is 6.09. The third kappa shape index (κ3) is 3.04. The largest absolute Gasteiger partial charge is 0.377 e. The molecule has 3 aromatic carbocycles. The molecular formula is C20H20N2O. The van der Waals surface area contributed by atoms with Crippen LogP contribution in [-0.4, -0.2) is 20.0 Å². The molecule has 3 rings (SSSR count). The van der Waals surface area contributed by atoms with Crippen molar-refractivity contribution in [2.45, 2.75) is 6.92 Å². The van der Waals surface area contributed by atoms with Gasteiger partial charge in [-0.15, -0.1) is 0 Å².